The number of amides is 1. The van der Waals surface area contributed by atoms with Crippen LogP contribution in [0.4, 0.5) is 5.69 Å². The molecule has 2 aromatic carbocycles. The summed E-state index contributed by atoms with van der Waals surface area (Å²) in [5, 5.41) is 9.88. The van der Waals surface area contributed by atoms with E-state index in [1.54, 1.807) is 24.0 Å². The molecular weight excluding hydrogens is 294 g/mol. The molecule has 3 rings (SSSR count). The Kier molecular flexibility index (Phi) is 4.02. The van der Waals surface area contributed by atoms with Gasteiger partial charge in [-0.2, -0.15) is 0 Å². The van der Waals surface area contributed by atoms with Crippen LogP contribution in [0, 0.1) is 6.92 Å². The first-order chi connectivity index (χ1) is 11.1. The molecule has 1 amide bonds. The van der Waals surface area contributed by atoms with Crippen molar-refractivity contribution in [2.75, 3.05) is 18.1 Å². The van der Waals surface area contributed by atoms with Crippen molar-refractivity contribution in [3.8, 4) is 5.75 Å². The molecule has 23 heavy (non-hydrogen) atoms. The van der Waals surface area contributed by atoms with Gasteiger partial charge in [-0.05, 0) is 36.6 Å². The predicted octanol–water partition coefficient (Wildman–Crippen LogP) is 2.45. The van der Waals surface area contributed by atoms with Crippen LogP contribution in [0.1, 0.15) is 21.5 Å². The maximum atomic E-state index is 12.3. The SMILES string of the molecule is Cc1cccc(C(=O)OCC(=O)N2CCc3ccccc32)c1O. The van der Waals surface area contributed by atoms with E-state index >= 15 is 0 Å². The highest BCUT2D eigenvalue weighted by Gasteiger charge is 2.25. The van der Waals surface area contributed by atoms with Crippen molar-refractivity contribution >= 4 is 17.6 Å². The van der Waals surface area contributed by atoms with Crippen molar-refractivity contribution in [1.82, 2.24) is 0 Å². The van der Waals surface area contributed by atoms with E-state index in [0.717, 1.165) is 17.7 Å². The van der Waals surface area contributed by atoms with Crippen LogP contribution < -0.4 is 4.90 Å². The Bertz CT molecular complexity index is 769. The van der Waals surface area contributed by atoms with Gasteiger partial charge in [-0.1, -0.05) is 30.3 Å². The number of carbonyl (C=O) groups excluding carboxylic acids is 2. The summed E-state index contributed by atoms with van der Waals surface area (Å²) in [6, 6.07) is 12.5. The number of anilines is 1. The molecule has 1 heterocycles. The summed E-state index contributed by atoms with van der Waals surface area (Å²) >= 11 is 0. The summed E-state index contributed by atoms with van der Waals surface area (Å²) in [6.45, 7) is 1.93. The minimum absolute atomic E-state index is 0.0691. The number of carbonyl (C=O) groups is 2. The van der Waals surface area contributed by atoms with E-state index in [1.165, 1.54) is 6.07 Å². The Hall–Kier alpha value is -2.82. The summed E-state index contributed by atoms with van der Waals surface area (Å²) in [5.74, 6) is -1.08. The number of rotatable bonds is 3. The lowest BCUT2D eigenvalue weighted by Gasteiger charge is -2.17. The number of ether oxygens (including phenoxy) is 1. The molecule has 1 N–H and O–H groups in total. The van der Waals surface area contributed by atoms with E-state index in [9.17, 15) is 14.7 Å². The average Bonchev–Trinajstić information content (AvgIpc) is 2.99. The number of fused-ring (bicyclic) bond motifs is 1. The molecule has 0 saturated heterocycles. The molecule has 0 radical (unpaired) electrons. The third-order valence-corrected chi connectivity index (χ3v) is 3.97. The Morgan fingerprint density at radius 2 is 1.96 bits per heavy atom. The van der Waals surface area contributed by atoms with Gasteiger partial charge in [0, 0.05) is 12.2 Å². The van der Waals surface area contributed by atoms with E-state index in [1.807, 2.05) is 24.3 Å². The number of para-hydroxylation sites is 2. The summed E-state index contributed by atoms with van der Waals surface area (Å²) in [7, 11) is 0. The van der Waals surface area contributed by atoms with Crippen molar-refractivity contribution in [1.29, 1.82) is 0 Å². The highest BCUT2D eigenvalue weighted by atomic mass is 16.5. The van der Waals surface area contributed by atoms with Gasteiger partial charge in [-0.25, -0.2) is 4.79 Å². The molecule has 1 aliphatic heterocycles. The number of hydrogen-bond donors (Lipinski definition) is 1. The van der Waals surface area contributed by atoms with Crippen molar-refractivity contribution in [3.05, 3.63) is 59.2 Å². The molecule has 5 nitrogen and oxygen atoms in total. The number of esters is 1. The number of nitrogens with zero attached hydrogens (tertiary/aromatic N) is 1. The van der Waals surface area contributed by atoms with Crippen molar-refractivity contribution in [2.24, 2.45) is 0 Å². The maximum absolute atomic E-state index is 12.3. The summed E-state index contributed by atoms with van der Waals surface area (Å²) < 4.78 is 5.06. The number of phenolic OH excluding ortho intramolecular Hbond substituents is 1. The van der Waals surface area contributed by atoms with Gasteiger partial charge in [0.25, 0.3) is 5.91 Å². The molecule has 0 atom stereocenters. The van der Waals surface area contributed by atoms with Crippen molar-refractivity contribution in [3.63, 3.8) is 0 Å². The maximum Gasteiger partial charge on any atom is 0.342 e. The molecule has 118 valence electrons. The molecule has 5 heteroatoms. The van der Waals surface area contributed by atoms with Crippen LogP contribution in [-0.2, 0) is 16.0 Å². The average molecular weight is 311 g/mol. The van der Waals surface area contributed by atoms with Gasteiger partial charge < -0.3 is 14.7 Å². The van der Waals surface area contributed by atoms with Gasteiger partial charge in [0.1, 0.15) is 11.3 Å². The third-order valence-electron chi connectivity index (χ3n) is 3.97. The largest absolute Gasteiger partial charge is 0.507 e. The molecule has 2 aromatic rings. The molecule has 0 spiro atoms. The van der Waals surface area contributed by atoms with E-state index in [-0.39, 0.29) is 23.8 Å². The van der Waals surface area contributed by atoms with E-state index in [2.05, 4.69) is 0 Å². The topological polar surface area (TPSA) is 66.8 Å². The van der Waals surface area contributed by atoms with Crippen LogP contribution >= 0.6 is 0 Å². The second-order valence-corrected chi connectivity index (χ2v) is 5.47. The number of aryl methyl sites for hydroxylation is 1. The van der Waals surface area contributed by atoms with Gasteiger partial charge in [0.15, 0.2) is 6.61 Å². The van der Waals surface area contributed by atoms with Crippen LogP contribution in [0.15, 0.2) is 42.5 Å². The minimum atomic E-state index is -0.702. The number of aromatic hydroxyl groups is 1. The molecule has 0 bridgehead atoms. The standard InChI is InChI=1S/C18H17NO4/c1-12-5-4-7-14(17(12)21)18(22)23-11-16(20)19-10-9-13-6-2-3-8-15(13)19/h2-8,21H,9-11H2,1H3. The lowest BCUT2D eigenvalue weighted by atomic mass is 10.1. The van der Waals surface area contributed by atoms with Gasteiger partial charge in [-0.15, -0.1) is 0 Å². The van der Waals surface area contributed by atoms with Crippen LogP contribution in [0.2, 0.25) is 0 Å². The molecule has 0 saturated carbocycles. The van der Waals surface area contributed by atoms with E-state index in [4.69, 9.17) is 4.74 Å². The minimum Gasteiger partial charge on any atom is -0.507 e. The Morgan fingerprint density at radius 1 is 1.17 bits per heavy atom. The monoisotopic (exact) mass is 311 g/mol. The normalized spacial score (nSPS) is 12.8. The predicted molar refractivity (Wildman–Crippen MR) is 85.6 cm³/mol. The third kappa shape index (κ3) is 2.90. The first kappa shape index (κ1) is 15.1. The Balaban J connectivity index is 1.66. The van der Waals surface area contributed by atoms with Crippen LogP contribution in [0.3, 0.4) is 0 Å². The second-order valence-electron chi connectivity index (χ2n) is 5.47. The van der Waals surface area contributed by atoms with Gasteiger partial charge in [0.05, 0.1) is 0 Å². The Labute approximate surface area is 134 Å². The molecule has 0 fully saturated rings. The quantitative estimate of drug-likeness (QED) is 0.884. The van der Waals surface area contributed by atoms with Gasteiger partial charge in [0.2, 0.25) is 0 Å². The second kappa shape index (κ2) is 6.12. The zero-order chi connectivity index (χ0) is 16.4. The fourth-order valence-corrected chi connectivity index (χ4v) is 2.70. The molecule has 1 aliphatic rings. The number of hydrogen-bond acceptors (Lipinski definition) is 4. The smallest absolute Gasteiger partial charge is 0.342 e. The first-order valence-corrected chi connectivity index (χ1v) is 7.42. The zero-order valence-corrected chi connectivity index (χ0v) is 12.8. The van der Waals surface area contributed by atoms with Crippen molar-refractivity contribution < 1.29 is 19.4 Å². The molecule has 0 aromatic heterocycles. The van der Waals surface area contributed by atoms with Crippen LogP contribution in [-0.4, -0.2) is 30.1 Å². The van der Waals surface area contributed by atoms with E-state index < -0.39 is 5.97 Å². The van der Waals surface area contributed by atoms with E-state index in [0.29, 0.717) is 12.1 Å². The molecule has 0 unspecified atom stereocenters. The van der Waals surface area contributed by atoms with Gasteiger partial charge >= 0.3 is 5.97 Å². The first-order valence-electron chi connectivity index (χ1n) is 7.42. The highest BCUT2D eigenvalue weighted by molar-refractivity contribution is 5.99. The molecular formula is C18H17NO4. The lowest BCUT2D eigenvalue weighted by molar-refractivity contribution is -0.121. The lowest BCUT2D eigenvalue weighted by Crippen LogP contribution is -2.33. The fraction of sp³-hybridized carbons (Fsp3) is 0.222. The highest BCUT2D eigenvalue weighted by Crippen LogP contribution is 2.27. The number of phenols is 1. The Morgan fingerprint density at radius 3 is 2.78 bits per heavy atom. The van der Waals surface area contributed by atoms with Crippen LogP contribution in [0.25, 0.3) is 0 Å². The number of benzene rings is 2. The zero-order valence-electron chi connectivity index (χ0n) is 12.8. The summed E-state index contributed by atoms with van der Waals surface area (Å²) in [6.07, 6.45) is 0.800. The fourth-order valence-electron chi connectivity index (χ4n) is 2.70. The molecule has 0 aliphatic carbocycles. The summed E-state index contributed by atoms with van der Waals surface area (Å²) in [5.41, 5.74) is 2.63. The van der Waals surface area contributed by atoms with Crippen LogP contribution in [0.5, 0.6) is 5.75 Å². The van der Waals surface area contributed by atoms with Crippen molar-refractivity contribution in [2.45, 2.75) is 13.3 Å². The summed E-state index contributed by atoms with van der Waals surface area (Å²) in [4.78, 5) is 25.9. The van der Waals surface area contributed by atoms with Gasteiger partial charge in [-0.3, -0.25) is 4.79 Å².